The lowest BCUT2D eigenvalue weighted by Crippen LogP contribution is -2.31. The van der Waals surface area contributed by atoms with E-state index >= 15 is 0 Å². The number of likely N-dealkylation sites (tertiary alicyclic amines) is 1. The first-order chi connectivity index (χ1) is 10.7. The molecule has 5 heteroatoms. The van der Waals surface area contributed by atoms with Crippen LogP contribution in [0.25, 0.3) is 0 Å². The van der Waals surface area contributed by atoms with Crippen LogP contribution >= 0.6 is 23.4 Å². The third-order valence-electron chi connectivity index (χ3n) is 3.85. The van der Waals surface area contributed by atoms with Gasteiger partial charge < -0.3 is 0 Å². The van der Waals surface area contributed by atoms with Gasteiger partial charge in [0.25, 0.3) is 0 Å². The summed E-state index contributed by atoms with van der Waals surface area (Å²) in [7, 11) is 0. The number of halogens is 1. The van der Waals surface area contributed by atoms with Crippen LogP contribution in [0.3, 0.4) is 0 Å². The minimum absolute atomic E-state index is 0.134. The van der Waals surface area contributed by atoms with Crippen LogP contribution in [0.15, 0.2) is 58.4 Å². The van der Waals surface area contributed by atoms with E-state index in [1.54, 1.807) is 16.7 Å². The molecule has 0 radical (unpaired) electrons. The van der Waals surface area contributed by atoms with Crippen LogP contribution in [0, 0.1) is 0 Å². The zero-order chi connectivity index (χ0) is 15.1. The van der Waals surface area contributed by atoms with Gasteiger partial charge in [-0.2, -0.15) is 0 Å². The van der Waals surface area contributed by atoms with E-state index in [1.807, 2.05) is 42.5 Å². The number of thioether (sulfide) groups is 1. The van der Waals surface area contributed by atoms with E-state index in [0.29, 0.717) is 18.0 Å². The van der Waals surface area contributed by atoms with Crippen molar-refractivity contribution >= 4 is 40.8 Å². The van der Waals surface area contributed by atoms with E-state index in [1.165, 1.54) is 0 Å². The largest absolute Gasteiger partial charge is 0.295 e. The van der Waals surface area contributed by atoms with E-state index in [2.05, 4.69) is 6.07 Å². The predicted molar refractivity (Wildman–Crippen MR) is 89.8 cm³/mol. The Hall–Kier alpha value is -1.78. The highest BCUT2D eigenvalue weighted by Crippen LogP contribution is 2.42. The highest BCUT2D eigenvalue weighted by Gasteiger charge is 2.39. The molecule has 2 aliphatic rings. The number of aliphatic imine (C=N–C) groups is 1. The summed E-state index contributed by atoms with van der Waals surface area (Å²) in [5.74, 6) is 1.02. The van der Waals surface area contributed by atoms with Gasteiger partial charge in [-0.3, -0.25) is 9.69 Å². The van der Waals surface area contributed by atoms with Crippen molar-refractivity contribution in [3.63, 3.8) is 0 Å². The maximum atomic E-state index is 12.4. The van der Waals surface area contributed by atoms with E-state index in [-0.39, 0.29) is 11.2 Å². The van der Waals surface area contributed by atoms with Crippen molar-refractivity contribution in [1.29, 1.82) is 0 Å². The van der Waals surface area contributed by atoms with Gasteiger partial charge >= 0.3 is 0 Å². The van der Waals surface area contributed by atoms with Crippen LogP contribution in [-0.2, 0) is 11.3 Å². The van der Waals surface area contributed by atoms with Gasteiger partial charge in [-0.25, -0.2) is 4.99 Å². The molecular formula is C17H13ClN2OS. The minimum Gasteiger partial charge on any atom is -0.295 e. The summed E-state index contributed by atoms with van der Waals surface area (Å²) in [6.07, 6.45) is 0.519. The van der Waals surface area contributed by atoms with Crippen molar-refractivity contribution in [1.82, 2.24) is 4.90 Å². The fourth-order valence-corrected chi connectivity index (χ4v) is 4.09. The van der Waals surface area contributed by atoms with E-state index < -0.39 is 0 Å². The van der Waals surface area contributed by atoms with Crippen molar-refractivity contribution in [2.75, 3.05) is 0 Å². The average Bonchev–Trinajstić information content (AvgIpc) is 2.82. The van der Waals surface area contributed by atoms with Gasteiger partial charge in [0, 0.05) is 16.3 Å². The molecule has 1 saturated heterocycles. The fourth-order valence-electron chi connectivity index (χ4n) is 2.76. The number of rotatable bonds is 2. The first kappa shape index (κ1) is 13.9. The Balaban J connectivity index is 1.66. The molecule has 2 heterocycles. The summed E-state index contributed by atoms with van der Waals surface area (Å²) >= 11 is 7.65. The molecule has 22 heavy (non-hydrogen) atoms. The molecule has 1 unspecified atom stereocenters. The monoisotopic (exact) mass is 328 g/mol. The molecule has 0 aromatic heterocycles. The van der Waals surface area contributed by atoms with Crippen molar-refractivity contribution in [3.05, 3.63) is 59.1 Å². The van der Waals surface area contributed by atoms with Crippen LogP contribution in [0.5, 0.6) is 0 Å². The third kappa shape index (κ3) is 2.42. The number of hydrogen-bond donors (Lipinski definition) is 0. The van der Waals surface area contributed by atoms with Gasteiger partial charge in [0.05, 0.1) is 17.5 Å². The molecule has 1 atom stereocenters. The summed E-state index contributed by atoms with van der Waals surface area (Å²) in [6, 6.07) is 15.6. The van der Waals surface area contributed by atoms with E-state index in [9.17, 15) is 4.79 Å². The smallest absolute Gasteiger partial charge is 0.229 e. The Labute approximate surface area is 138 Å². The lowest BCUT2D eigenvalue weighted by atomic mass is 10.2. The average molecular weight is 329 g/mol. The van der Waals surface area contributed by atoms with Crippen molar-refractivity contribution < 1.29 is 4.79 Å². The first-order valence-corrected chi connectivity index (χ1v) is 8.35. The van der Waals surface area contributed by atoms with Crippen molar-refractivity contribution in [3.8, 4) is 0 Å². The summed E-state index contributed by atoms with van der Waals surface area (Å²) in [5, 5.41) is 0.837. The van der Waals surface area contributed by atoms with Gasteiger partial charge in [0.15, 0.2) is 0 Å². The fraction of sp³-hybridized carbons (Fsp3) is 0.176. The lowest BCUT2D eigenvalue weighted by molar-refractivity contribution is -0.126. The second kappa shape index (κ2) is 5.45. The van der Waals surface area contributed by atoms with Crippen molar-refractivity contribution in [2.45, 2.75) is 23.1 Å². The van der Waals surface area contributed by atoms with Gasteiger partial charge in [-0.05, 0) is 29.8 Å². The Bertz CT molecular complexity index is 772. The molecule has 2 aromatic rings. The van der Waals surface area contributed by atoms with E-state index in [4.69, 9.17) is 16.6 Å². The number of amides is 1. The van der Waals surface area contributed by atoms with Crippen LogP contribution in [0.4, 0.5) is 5.69 Å². The van der Waals surface area contributed by atoms with E-state index in [0.717, 1.165) is 22.0 Å². The van der Waals surface area contributed by atoms with Crippen molar-refractivity contribution in [2.24, 2.45) is 4.99 Å². The molecule has 0 aliphatic carbocycles. The molecule has 1 fully saturated rings. The minimum atomic E-state index is 0.134. The molecule has 0 saturated carbocycles. The number of amidine groups is 1. The summed E-state index contributed by atoms with van der Waals surface area (Å²) in [4.78, 5) is 20.0. The Morgan fingerprint density at radius 3 is 2.77 bits per heavy atom. The number of benzene rings is 2. The summed E-state index contributed by atoms with van der Waals surface area (Å²) in [6.45, 7) is 0.550. The first-order valence-electron chi connectivity index (χ1n) is 7.10. The predicted octanol–water partition coefficient (Wildman–Crippen LogP) is 4.28. The van der Waals surface area contributed by atoms with Crippen LogP contribution in [0.1, 0.15) is 12.0 Å². The quantitative estimate of drug-likeness (QED) is 0.824. The zero-order valence-electron chi connectivity index (χ0n) is 11.7. The zero-order valence-corrected chi connectivity index (χ0v) is 13.3. The SMILES string of the molecule is O=C1CC2Sc3ccccc3N=C2N1Cc1ccc(Cl)cc1. The molecule has 0 spiro atoms. The van der Waals surface area contributed by atoms with Gasteiger partial charge in [0.1, 0.15) is 5.84 Å². The summed E-state index contributed by atoms with van der Waals surface area (Å²) in [5.41, 5.74) is 2.01. The number of carbonyl (C=O) groups is 1. The second-order valence-electron chi connectivity index (χ2n) is 5.35. The van der Waals surface area contributed by atoms with Gasteiger partial charge in [-0.15, -0.1) is 11.8 Å². The number of carbonyl (C=O) groups excluding carboxylic acids is 1. The highest BCUT2D eigenvalue weighted by molar-refractivity contribution is 8.01. The second-order valence-corrected chi connectivity index (χ2v) is 7.04. The Morgan fingerprint density at radius 2 is 1.95 bits per heavy atom. The maximum absolute atomic E-state index is 12.4. The van der Waals surface area contributed by atoms with Gasteiger partial charge in [-0.1, -0.05) is 35.9 Å². The maximum Gasteiger partial charge on any atom is 0.229 e. The molecule has 1 amide bonds. The summed E-state index contributed by atoms with van der Waals surface area (Å²) < 4.78 is 0. The number of fused-ring (bicyclic) bond motifs is 2. The molecule has 110 valence electrons. The topological polar surface area (TPSA) is 32.7 Å². The van der Waals surface area contributed by atoms with Crippen LogP contribution < -0.4 is 0 Å². The highest BCUT2D eigenvalue weighted by atomic mass is 35.5. The van der Waals surface area contributed by atoms with Gasteiger partial charge in [0.2, 0.25) is 5.91 Å². The lowest BCUT2D eigenvalue weighted by Gasteiger charge is -2.23. The molecule has 0 bridgehead atoms. The van der Waals surface area contributed by atoms with Crippen LogP contribution in [-0.4, -0.2) is 21.9 Å². The molecular weight excluding hydrogens is 316 g/mol. The molecule has 2 aromatic carbocycles. The molecule has 3 nitrogen and oxygen atoms in total. The van der Waals surface area contributed by atoms with Crippen LogP contribution in [0.2, 0.25) is 5.02 Å². The number of nitrogens with zero attached hydrogens (tertiary/aromatic N) is 2. The Morgan fingerprint density at radius 1 is 1.18 bits per heavy atom. The molecule has 0 N–H and O–H groups in total. The molecule has 2 aliphatic heterocycles. The molecule has 4 rings (SSSR count). The standard InChI is InChI=1S/C17H13ClN2OS/c18-12-7-5-11(6-8-12)10-20-16(21)9-15-17(20)19-13-3-1-2-4-14(13)22-15/h1-8,15H,9-10H2. The normalized spacial score (nSPS) is 19.7. The number of hydrogen-bond acceptors (Lipinski definition) is 3. The third-order valence-corrected chi connectivity index (χ3v) is 5.36. The number of para-hydroxylation sites is 1. The Kier molecular flexibility index (Phi) is 3.43.